The minimum Gasteiger partial charge on any atom is -0.507 e. The van der Waals surface area contributed by atoms with Crippen LogP contribution in [0.5, 0.6) is 11.5 Å². The maximum Gasteiger partial charge on any atom is 0.204 e. The van der Waals surface area contributed by atoms with Crippen LogP contribution in [-0.4, -0.2) is 43.9 Å². The van der Waals surface area contributed by atoms with E-state index in [4.69, 9.17) is 4.74 Å². The topological polar surface area (TPSA) is 101 Å². The minimum absolute atomic E-state index is 0.109. The molecule has 1 heterocycles. The zero-order valence-electron chi connectivity index (χ0n) is 15.8. The van der Waals surface area contributed by atoms with Gasteiger partial charge in [0.15, 0.2) is 5.78 Å². The van der Waals surface area contributed by atoms with E-state index in [9.17, 15) is 9.90 Å². The van der Waals surface area contributed by atoms with Crippen molar-refractivity contribution in [3.63, 3.8) is 0 Å². The average molecular weight is 398 g/mol. The van der Waals surface area contributed by atoms with Gasteiger partial charge in [-0.25, -0.2) is 0 Å². The van der Waals surface area contributed by atoms with E-state index in [0.29, 0.717) is 18.0 Å². The second-order valence-corrected chi connectivity index (χ2v) is 7.34. The minimum atomic E-state index is -0.126. The fourth-order valence-corrected chi connectivity index (χ4v) is 3.75. The molecule has 8 heteroatoms. The van der Waals surface area contributed by atoms with Gasteiger partial charge in [0, 0.05) is 21.8 Å². The number of thioether (sulfide) groups is 1. The Labute approximate surface area is 167 Å². The number of phenols is 1. The quantitative estimate of drug-likeness (QED) is 0.320. The Morgan fingerprint density at radius 2 is 2.00 bits per heavy atom. The Balaban J connectivity index is 1.57. The van der Waals surface area contributed by atoms with Crippen LogP contribution >= 0.6 is 11.8 Å². The van der Waals surface area contributed by atoms with Crippen molar-refractivity contribution in [1.82, 2.24) is 20.6 Å². The van der Waals surface area contributed by atoms with Gasteiger partial charge in [-0.1, -0.05) is 13.3 Å². The SMILES string of the molecule is CCCc1c(SCCOc2ccc(-c3nn[nH]n3)cc2)ccc(C(C)=O)c1O. The van der Waals surface area contributed by atoms with Gasteiger partial charge in [0.2, 0.25) is 5.82 Å². The van der Waals surface area contributed by atoms with E-state index in [-0.39, 0.29) is 11.5 Å². The Morgan fingerprint density at radius 1 is 1.21 bits per heavy atom. The summed E-state index contributed by atoms with van der Waals surface area (Å²) in [5, 5.41) is 24.3. The van der Waals surface area contributed by atoms with Crippen molar-refractivity contribution in [3.05, 3.63) is 47.5 Å². The predicted molar refractivity (Wildman–Crippen MR) is 108 cm³/mol. The Morgan fingerprint density at radius 3 is 2.64 bits per heavy atom. The van der Waals surface area contributed by atoms with E-state index in [1.54, 1.807) is 17.8 Å². The number of aromatic amines is 1. The third-order valence-electron chi connectivity index (χ3n) is 4.19. The van der Waals surface area contributed by atoms with Crippen molar-refractivity contribution in [2.75, 3.05) is 12.4 Å². The summed E-state index contributed by atoms with van der Waals surface area (Å²) in [4.78, 5) is 12.6. The van der Waals surface area contributed by atoms with Crippen molar-refractivity contribution < 1.29 is 14.6 Å². The highest BCUT2D eigenvalue weighted by Crippen LogP contribution is 2.34. The molecule has 1 aromatic heterocycles. The van der Waals surface area contributed by atoms with Crippen LogP contribution in [0.1, 0.15) is 36.2 Å². The number of carbonyl (C=O) groups is 1. The number of ether oxygens (including phenoxy) is 1. The summed E-state index contributed by atoms with van der Waals surface area (Å²) in [6.45, 7) is 4.04. The molecule has 0 spiro atoms. The molecule has 0 aliphatic heterocycles. The summed E-state index contributed by atoms with van der Waals surface area (Å²) >= 11 is 1.61. The molecule has 0 radical (unpaired) electrons. The summed E-state index contributed by atoms with van der Waals surface area (Å²) in [6, 6.07) is 11.1. The molecule has 0 fully saturated rings. The zero-order valence-corrected chi connectivity index (χ0v) is 16.6. The summed E-state index contributed by atoms with van der Waals surface area (Å²) < 4.78 is 5.79. The van der Waals surface area contributed by atoms with Crippen LogP contribution in [0, 0.1) is 0 Å². The molecule has 0 saturated heterocycles. The fraction of sp³-hybridized carbons (Fsp3) is 0.300. The van der Waals surface area contributed by atoms with Gasteiger partial charge < -0.3 is 9.84 Å². The van der Waals surface area contributed by atoms with Crippen molar-refractivity contribution in [3.8, 4) is 22.9 Å². The first kappa shape index (κ1) is 19.9. The molecule has 28 heavy (non-hydrogen) atoms. The molecule has 0 amide bonds. The van der Waals surface area contributed by atoms with Crippen LogP contribution in [-0.2, 0) is 6.42 Å². The van der Waals surface area contributed by atoms with E-state index in [1.165, 1.54) is 6.92 Å². The summed E-state index contributed by atoms with van der Waals surface area (Å²) in [5.74, 6) is 2.01. The van der Waals surface area contributed by atoms with Crippen LogP contribution in [0.25, 0.3) is 11.4 Å². The highest BCUT2D eigenvalue weighted by Gasteiger charge is 2.15. The second kappa shape index (κ2) is 9.36. The van der Waals surface area contributed by atoms with Gasteiger partial charge in [0.25, 0.3) is 0 Å². The van der Waals surface area contributed by atoms with Crippen LogP contribution in [0.15, 0.2) is 41.3 Å². The van der Waals surface area contributed by atoms with Gasteiger partial charge in [-0.05, 0) is 55.0 Å². The number of ketones is 1. The largest absolute Gasteiger partial charge is 0.507 e. The van der Waals surface area contributed by atoms with Gasteiger partial charge in [-0.3, -0.25) is 4.79 Å². The van der Waals surface area contributed by atoms with E-state index in [2.05, 4.69) is 27.5 Å². The number of hydrogen-bond donors (Lipinski definition) is 2. The molecule has 0 saturated carbocycles. The van der Waals surface area contributed by atoms with Crippen LogP contribution in [0.2, 0.25) is 0 Å². The molecule has 0 aliphatic carbocycles. The average Bonchev–Trinajstić information content (AvgIpc) is 3.22. The van der Waals surface area contributed by atoms with Gasteiger partial charge in [0.1, 0.15) is 11.5 Å². The first-order chi connectivity index (χ1) is 13.6. The van der Waals surface area contributed by atoms with Crippen molar-refractivity contribution in [1.29, 1.82) is 0 Å². The first-order valence-corrected chi connectivity index (χ1v) is 10.0. The van der Waals surface area contributed by atoms with E-state index < -0.39 is 0 Å². The van der Waals surface area contributed by atoms with Crippen LogP contribution in [0.4, 0.5) is 0 Å². The number of phenolic OH excluding ortho intramolecular Hbond substituents is 1. The molecule has 0 atom stereocenters. The third kappa shape index (κ3) is 4.69. The highest BCUT2D eigenvalue weighted by molar-refractivity contribution is 7.99. The monoisotopic (exact) mass is 398 g/mol. The number of aromatic hydroxyl groups is 1. The van der Waals surface area contributed by atoms with Crippen molar-refractivity contribution in [2.24, 2.45) is 0 Å². The molecule has 3 rings (SSSR count). The maximum absolute atomic E-state index is 11.7. The molecule has 0 unspecified atom stereocenters. The number of H-pyrrole nitrogens is 1. The number of hydrogen-bond acceptors (Lipinski definition) is 7. The molecule has 0 aliphatic rings. The van der Waals surface area contributed by atoms with E-state index in [0.717, 1.165) is 40.4 Å². The Kier molecular flexibility index (Phi) is 6.65. The lowest BCUT2D eigenvalue weighted by Gasteiger charge is -2.13. The number of rotatable bonds is 9. The second-order valence-electron chi connectivity index (χ2n) is 6.20. The van der Waals surface area contributed by atoms with Gasteiger partial charge in [-0.15, -0.1) is 22.0 Å². The number of Topliss-reactive ketones (excluding diaryl/α,β-unsaturated/α-hetero) is 1. The lowest BCUT2D eigenvalue weighted by molar-refractivity contribution is 0.101. The molecule has 2 N–H and O–H groups in total. The Hall–Kier alpha value is -2.87. The van der Waals surface area contributed by atoms with Gasteiger partial charge >= 0.3 is 0 Å². The standard InChI is InChI=1S/C20H22N4O3S/c1-3-4-17-18(10-9-16(13(2)25)19(17)26)28-12-11-27-15-7-5-14(6-8-15)20-21-23-24-22-20/h5-10,26H,3-4,11-12H2,1-2H3,(H,21,22,23,24). The summed E-state index contributed by atoms with van der Waals surface area (Å²) in [6.07, 6.45) is 1.62. The molecular formula is C20H22N4O3S. The number of aromatic nitrogens is 4. The Bertz CT molecular complexity index is 927. The smallest absolute Gasteiger partial charge is 0.204 e. The maximum atomic E-state index is 11.7. The predicted octanol–water partition coefficient (Wildman–Crippen LogP) is 3.90. The number of nitrogens with zero attached hydrogens (tertiary/aromatic N) is 3. The van der Waals surface area contributed by atoms with Gasteiger partial charge in [-0.2, -0.15) is 5.21 Å². The normalized spacial score (nSPS) is 10.8. The van der Waals surface area contributed by atoms with E-state index >= 15 is 0 Å². The number of tetrazole rings is 1. The molecule has 2 aromatic carbocycles. The lowest BCUT2D eigenvalue weighted by atomic mass is 10.0. The molecule has 0 bridgehead atoms. The molecule has 7 nitrogen and oxygen atoms in total. The highest BCUT2D eigenvalue weighted by atomic mass is 32.2. The molecule has 146 valence electrons. The number of nitrogens with one attached hydrogen (secondary N) is 1. The van der Waals surface area contributed by atoms with Crippen LogP contribution < -0.4 is 4.74 Å². The number of benzene rings is 2. The molecule has 3 aromatic rings. The lowest BCUT2D eigenvalue weighted by Crippen LogP contribution is -2.02. The number of carbonyl (C=O) groups excluding carboxylic acids is 1. The van der Waals surface area contributed by atoms with E-state index in [1.807, 2.05) is 30.3 Å². The molecular weight excluding hydrogens is 376 g/mol. The van der Waals surface area contributed by atoms with Crippen LogP contribution in [0.3, 0.4) is 0 Å². The van der Waals surface area contributed by atoms with Crippen molar-refractivity contribution >= 4 is 17.5 Å². The summed E-state index contributed by atoms with van der Waals surface area (Å²) in [5.41, 5.74) is 2.08. The third-order valence-corrected chi connectivity index (χ3v) is 5.25. The first-order valence-electron chi connectivity index (χ1n) is 9.05. The zero-order chi connectivity index (χ0) is 19.9. The van der Waals surface area contributed by atoms with Crippen molar-refractivity contribution in [2.45, 2.75) is 31.6 Å². The fourth-order valence-electron chi connectivity index (χ4n) is 2.82. The van der Waals surface area contributed by atoms with Gasteiger partial charge in [0.05, 0.1) is 12.2 Å². The summed E-state index contributed by atoms with van der Waals surface area (Å²) in [7, 11) is 0.